The van der Waals surface area contributed by atoms with Crippen LogP contribution in [0.2, 0.25) is 0 Å². The minimum absolute atomic E-state index is 0.518. The highest BCUT2D eigenvalue weighted by Crippen LogP contribution is 2.25. The zero-order chi connectivity index (χ0) is 12.3. The van der Waals surface area contributed by atoms with Crippen LogP contribution in [-0.4, -0.2) is 10.2 Å². The second-order valence-corrected chi connectivity index (χ2v) is 4.34. The average molecular weight is 228 g/mol. The van der Waals surface area contributed by atoms with Gasteiger partial charge in [-0.3, -0.25) is 0 Å². The van der Waals surface area contributed by atoms with E-state index in [0.717, 1.165) is 5.75 Å². The SMILES string of the molecule is Cc1cc(Oc2cccnn2)ccc1C(C)C. The summed E-state index contributed by atoms with van der Waals surface area (Å²) in [6, 6.07) is 9.70. The van der Waals surface area contributed by atoms with E-state index in [0.29, 0.717) is 11.8 Å². The van der Waals surface area contributed by atoms with Crippen molar-refractivity contribution in [1.82, 2.24) is 10.2 Å². The van der Waals surface area contributed by atoms with Gasteiger partial charge in [-0.2, -0.15) is 5.10 Å². The predicted octanol–water partition coefficient (Wildman–Crippen LogP) is 3.70. The van der Waals surface area contributed by atoms with E-state index in [1.807, 2.05) is 12.1 Å². The summed E-state index contributed by atoms with van der Waals surface area (Å²) in [5.41, 5.74) is 2.58. The highest BCUT2D eigenvalue weighted by atomic mass is 16.5. The highest BCUT2D eigenvalue weighted by Gasteiger charge is 2.05. The Morgan fingerprint density at radius 1 is 1.18 bits per heavy atom. The minimum Gasteiger partial charge on any atom is -0.438 e. The molecular formula is C14H16N2O. The molecule has 2 aromatic rings. The zero-order valence-electron chi connectivity index (χ0n) is 10.3. The Hall–Kier alpha value is -1.90. The van der Waals surface area contributed by atoms with Crippen molar-refractivity contribution < 1.29 is 4.74 Å². The molecule has 0 atom stereocenters. The van der Waals surface area contributed by atoms with Crippen molar-refractivity contribution in [3.05, 3.63) is 47.7 Å². The van der Waals surface area contributed by atoms with Crippen molar-refractivity contribution in [2.45, 2.75) is 26.7 Å². The quantitative estimate of drug-likeness (QED) is 0.803. The van der Waals surface area contributed by atoms with Crippen LogP contribution in [0.1, 0.15) is 30.9 Å². The van der Waals surface area contributed by atoms with Crippen LogP contribution in [-0.2, 0) is 0 Å². The number of hydrogen-bond acceptors (Lipinski definition) is 3. The Morgan fingerprint density at radius 3 is 2.59 bits per heavy atom. The van der Waals surface area contributed by atoms with Gasteiger partial charge < -0.3 is 4.74 Å². The summed E-state index contributed by atoms with van der Waals surface area (Å²) in [7, 11) is 0. The van der Waals surface area contributed by atoms with E-state index in [1.165, 1.54) is 11.1 Å². The summed E-state index contributed by atoms with van der Waals surface area (Å²) in [6.45, 7) is 6.47. The van der Waals surface area contributed by atoms with E-state index in [-0.39, 0.29) is 0 Å². The molecule has 1 heterocycles. The smallest absolute Gasteiger partial charge is 0.238 e. The Kier molecular flexibility index (Phi) is 3.38. The van der Waals surface area contributed by atoms with Gasteiger partial charge in [-0.1, -0.05) is 19.9 Å². The lowest BCUT2D eigenvalue weighted by Gasteiger charge is -2.11. The average Bonchev–Trinajstić information content (AvgIpc) is 2.30. The lowest BCUT2D eigenvalue weighted by molar-refractivity contribution is 0.454. The monoisotopic (exact) mass is 228 g/mol. The van der Waals surface area contributed by atoms with Crippen LogP contribution in [0.5, 0.6) is 11.6 Å². The van der Waals surface area contributed by atoms with Crippen LogP contribution >= 0.6 is 0 Å². The second-order valence-electron chi connectivity index (χ2n) is 4.34. The molecule has 3 nitrogen and oxygen atoms in total. The molecule has 88 valence electrons. The number of rotatable bonds is 3. The molecule has 3 heteroatoms. The van der Waals surface area contributed by atoms with E-state index >= 15 is 0 Å². The Morgan fingerprint density at radius 2 is 2.00 bits per heavy atom. The molecule has 0 N–H and O–H groups in total. The van der Waals surface area contributed by atoms with Crippen molar-refractivity contribution in [2.75, 3.05) is 0 Å². The number of aryl methyl sites for hydroxylation is 1. The molecule has 0 unspecified atom stereocenters. The van der Waals surface area contributed by atoms with Gasteiger partial charge in [0.05, 0.1) is 0 Å². The Bertz CT molecular complexity index is 495. The molecule has 0 aliphatic heterocycles. The van der Waals surface area contributed by atoms with Crippen molar-refractivity contribution in [1.29, 1.82) is 0 Å². The van der Waals surface area contributed by atoms with Gasteiger partial charge in [-0.05, 0) is 42.2 Å². The molecule has 0 amide bonds. The molecule has 17 heavy (non-hydrogen) atoms. The molecule has 0 radical (unpaired) electrons. The molecule has 0 bridgehead atoms. The zero-order valence-corrected chi connectivity index (χ0v) is 10.3. The minimum atomic E-state index is 0.518. The van der Waals surface area contributed by atoms with Crippen molar-refractivity contribution in [2.24, 2.45) is 0 Å². The summed E-state index contributed by atoms with van der Waals surface area (Å²) in [5.74, 6) is 1.84. The van der Waals surface area contributed by atoms with Crippen LogP contribution in [0, 0.1) is 6.92 Å². The molecule has 0 saturated carbocycles. The summed E-state index contributed by atoms with van der Waals surface area (Å²) in [6.07, 6.45) is 1.62. The van der Waals surface area contributed by atoms with E-state index in [4.69, 9.17) is 4.74 Å². The fraction of sp³-hybridized carbons (Fsp3) is 0.286. The lowest BCUT2D eigenvalue weighted by atomic mass is 9.98. The number of aromatic nitrogens is 2. The molecule has 0 fully saturated rings. The maximum atomic E-state index is 5.62. The van der Waals surface area contributed by atoms with Crippen molar-refractivity contribution in [3.8, 4) is 11.6 Å². The first-order chi connectivity index (χ1) is 8.16. The van der Waals surface area contributed by atoms with Gasteiger partial charge in [0.25, 0.3) is 0 Å². The van der Waals surface area contributed by atoms with Crippen molar-refractivity contribution in [3.63, 3.8) is 0 Å². The normalized spacial score (nSPS) is 10.6. The van der Waals surface area contributed by atoms with Gasteiger partial charge >= 0.3 is 0 Å². The third-order valence-corrected chi connectivity index (χ3v) is 2.63. The molecule has 0 aliphatic carbocycles. The highest BCUT2D eigenvalue weighted by molar-refractivity contribution is 5.37. The molecule has 0 spiro atoms. The van der Waals surface area contributed by atoms with E-state index < -0.39 is 0 Å². The maximum absolute atomic E-state index is 5.62. The summed E-state index contributed by atoms with van der Waals surface area (Å²) < 4.78 is 5.62. The first-order valence-electron chi connectivity index (χ1n) is 5.73. The van der Waals surface area contributed by atoms with Gasteiger partial charge in [0.2, 0.25) is 5.88 Å². The summed E-state index contributed by atoms with van der Waals surface area (Å²) >= 11 is 0. The van der Waals surface area contributed by atoms with Crippen LogP contribution in [0.25, 0.3) is 0 Å². The van der Waals surface area contributed by atoms with Crippen LogP contribution < -0.4 is 4.74 Å². The maximum Gasteiger partial charge on any atom is 0.238 e. The third-order valence-electron chi connectivity index (χ3n) is 2.63. The largest absolute Gasteiger partial charge is 0.438 e. The van der Waals surface area contributed by atoms with E-state index in [1.54, 1.807) is 18.3 Å². The predicted molar refractivity (Wildman–Crippen MR) is 67.4 cm³/mol. The van der Waals surface area contributed by atoms with Gasteiger partial charge in [-0.25, -0.2) is 0 Å². The van der Waals surface area contributed by atoms with Gasteiger partial charge in [-0.15, -0.1) is 5.10 Å². The summed E-state index contributed by atoms with van der Waals surface area (Å²) in [4.78, 5) is 0. The lowest BCUT2D eigenvalue weighted by Crippen LogP contribution is -1.94. The fourth-order valence-corrected chi connectivity index (χ4v) is 1.82. The molecule has 1 aromatic heterocycles. The number of benzene rings is 1. The number of ether oxygens (including phenoxy) is 1. The third kappa shape index (κ3) is 2.81. The van der Waals surface area contributed by atoms with Gasteiger partial charge in [0.15, 0.2) is 0 Å². The van der Waals surface area contributed by atoms with E-state index in [2.05, 4.69) is 37.0 Å². The standard InChI is InChI=1S/C14H16N2O/c1-10(2)13-7-6-12(9-11(13)3)17-14-5-4-8-15-16-14/h4-10H,1-3H3. The van der Waals surface area contributed by atoms with Crippen molar-refractivity contribution >= 4 is 0 Å². The Labute approximate surface area is 101 Å². The molecular weight excluding hydrogens is 212 g/mol. The molecule has 0 aliphatic rings. The Balaban J connectivity index is 2.21. The topological polar surface area (TPSA) is 35.0 Å². The fourth-order valence-electron chi connectivity index (χ4n) is 1.82. The van der Waals surface area contributed by atoms with E-state index in [9.17, 15) is 0 Å². The first kappa shape index (κ1) is 11.6. The van der Waals surface area contributed by atoms with Crippen LogP contribution in [0.3, 0.4) is 0 Å². The van der Waals surface area contributed by atoms with Crippen LogP contribution in [0.4, 0.5) is 0 Å². The number of hydrogen-bond donors (Lipinski definition) is 0. The molecule has 1 aromatic carbocycles. The van der Waals surface area contributed by atoms with Gasteiger partial charge in [0.1, 0.15) is 5.75 Å². The molecule has 2 rings (SSSR count). The van der Waals surface area contributed by atoms with Crippen LogP contribution in [0.15, 0.2) is 36.5 Å². The second kappa shape index (κ2) is 4.95. The number of nitrogens with zero attached hydrogens (tertiary/aromatic N) is 2. The first-order valence-corrected chi connectivity index (χ1v) is 5.73. The molecule has 0 saturated heterocycles. The van der Waals surface area contributed by atoms with Gasteiger partial charge in [0, 0.05) is 12.3 Å². The summed E-state index contributed by atoms with van der Waals surface area (Å²) in [5, 5.41) is 7.66.